The molecule has 3 aromatic rings. The third kappa shape index (κ3) is 2.54. The summed E-state index contributed by atoms with van der Waals surface area (Å²) in [5.41, 5.74) is 3.16. The minimum atomic E-state index is 0.354. The molecule has 0 aliphatic carbocycles. The lowest BCUT2D eigenvalue weighted by atomic mass is 10.1. The van der Waals surface area contributed by atoms with Gasteiger partial charge in [-0.05, 0) is 11.6 Å². The first-order valence-electron chi connectivity index (χ1n) is 6.70. The standard InChI is InChI=1S/C17H14N4/c1-21(12-13-7-3-2-4-8-13)17-14-9-5-6-10-15(14)19-20-16(17)11-18/h2-10H,12H2,1H3. The van der Waals surface area contributed by atoms with E-state index in [-0.39, 0.29) is 0 Å². The van der Waals surface area contributed by atoms with Crippen LogP contribution >= 0.6 is 0 Å². The first-order chi connectivity index (χ1) is 10.3. The Morgan fingerprint density at radius 3 is 2.48 bits per heavy atom. The van der Waals surface area contributed by atoms with Crippen molar-refractivity contribution in [3.8, 4) is 6.07 Å². The van der Waals surface area contributed by atoms with Gasteiger partial charge in [0.1, 0.15) is 6.07 Å². The van der Waals surface area contributed by atoms with Gasteiger partial charge < -0.3 is 4.90 Å². The lowest BCUT2D eigenvalue weighted by molar-refractivity contribution is 0.909. The molecule has 0 spiro atoms. The van der Waals surface area contributed by atoms with E-state index >= 15 is 0 Å². The summed E-state index contributed by atoms with van der Waals surface area (Å²) < 4.78 is 0. The van der Waals surface area contributed by atoms with Crippen LogP contribution in [0.4, 0.5) is 5.69 Å². The predicted octanol–water partition coefficient (Wildman–Crippen LogP) is 3.14. The van der Waals surface area contributed by atoms with Gasteiger partial charge in [0.25, 0.3) is 0 Å². The summed E-state index contributed by atoms with van der Waals surface area (Å²) in [5.74, 6) is 0. The van der Waals surface area contributed by atoms with Crippen LogP contribution in [-0.4, -0.2) is 17.2 Å². The molecule has 0 aliphatic rings. The summed E-state index contributed by atoms with van der Waals surface area (Å²) in [5, 5.41) is 18.4. The van der Waals surface area contributed by atoms with Crippen molar-refractivity contribution in [2.75, 3.05) is 11.9 Å². The Morgan fingerprint density at radius 2 is 1.71 bits per heavy atom. The first kappa shape index (κ1) is 13.1. The number of nitriles is 1. The van der Waals surface area contributed by atoms with Crippen LogP contribution in [0.15, 0.2) is 54.6 Å². The van der Waals surface area contributed by atoms with Gasteiger partial charge in [-0.3, -0.25) is 0 Å². The molecule has 1 heterocycles. The molecule has 0 amide bonds. The van der Waals surface area contributed by atoms with Gasteiger partial charge >= 0.3 is 0 Å². The highest BCUT2D eigenvalue weighted by atomic mass is 15.2. The van der Waals surface area contributed by atoms with Crippen molar-refractivity contribution in [1.29, 1.82) is 5.26 Å². The summed E-state index contributed by atoms with van der Waals surface area (Å²) >= 11 is 0. The van der Waals surface area contributed by atoms with Crippen molar-refractivity contribution < 1.29 is 0 Å². The smallest absolute Gasteiger partial charge is 0.187 e. The molecule has 0 N–H and O–H groups in total. The summed E-state index contributed by atoms with van der Waals surface area (Å²) in [4.78, 5) is 2.05. The molecule has 0 atom stereocenters. The second kappa shape index (κ2) is 5.59. The van der Waals surface area contributed by atoms with Crippen molar-refractivity contribution in [1.82, 2.24) is 10.2 Å². The van der Waals surface area contributed by atoms with Gasteiger partial charge in [-0.1, -0.05) is 48.5 Å². The van der Waals surface area contributed by atoms with E-state index in [1.807, 2.05) is 54.4 Å². The molecule has 4 nitrogen and oxygen atoms in total. The zero-order valence-corrected chi connectivity index (χ0v) is 11.7. The summed E-state index contributed by atoms with van der Waals surface area (Å²) in [6, 6.07) is 20.0. The van der Waals surface area contributed by atoms with Crippen LogP contribution in [0.1, 0.15) is 11.3 Å². The van der Waals surface area contributed by atoms with Crippen LogP contribution in [0.5, 0.6) is 0 Å². The number of hydrogen-bond acceptors (Lipinski definition) is 4. The third-order valence-electron chi connectivity index (χ3n) is 3.39. The number of fused-ring (bicyclic) bond motifs is 1. The highest BCUT2D eigenvalue weighted by molar-refractivity contribution is 5.93. The second-order valence-electron chi connectivity index (χ2n) is 4.87. The van der Waals surface area contributed by atoms with E-state index in [4.69, 9.17) is 0 Å². The molecule has 2 aromatic carbocycles. The van der Waals surface area contributed by atoms with Gasteiger partial charge in [0, 0.05) is 19.0 Å². The molecule has 21 heavy (non-hydrogen) atoms. The molecule has 4 heteroatoms. The molecular weight excluding hydrogens is 260 g/mol. The number of nitrogens with zero attached hydrogens (tertiary/aromatic N) is 4. The SMILES string of the molecule is CN(Cc1ccccc1)c1c(C#N)nnc2ccccc12. The molecule has 0 aliphatic heterocycles. The number of anilines is 1. The molecule has 1 aromatic heterocycles. The normalized spacial score (nSPS) is 10.3. The maximum atomic E-state index is 9.31. The van der Waals surface area contributed by atoms with Gasteiger partial charge in [-0.25, -0.2) is 0 Å². The van der Waals surface area contributed by atoms with Gasteiger partial charge in [0.05, 0.1) is 11.2 Å². The molecule has 3 rings (SSSR count). The number of rotatable bonds is 3. The Balaban J connectivity index is 2.08. The Bertz CT molecular complexity index is 806. The molecule has 0 unspecified atom stereocenters. The van der Waals surface area contributed by atoms with Gasteiger partial charge in [-0.15, -0.1) is 10.2 Å². The fourth-order valence-corrected chi connectivity index (χ4v) is 2.44. The van der Waals surface area contributed by atoms with Crippen molar-refractivity contribution >= 4 is 16.6 Å². The van der Waals surface area contributed by atoms with Gasteiger partial charge in [0.2, 0.25) is 0 Å². The molecule has 0 bridgehead atoms. The van der Waals surface area contributed by atoms with E-state index in [0.717, 1.165) is 16.6 Å². The molecular formula is C17H14N4. The van der Waals surface area contributed by atoms with Crippen molar-refractivity contribution in [3.63, 3.8) is 0 Å². The maximum Gasteiger partial charge on any atom is 0.187 e. The van der Waals surface area contributed by atoms with E-state index < -0.39 is 0 Å². The third-order valence-corrected chi connectivity index (χ3v) is 3.39. The lowest BCUT2D eigenvalue weighted by Gasteiger charge is -2.21. The minimum Gasteiger partial charge on any atom is -0.367 e. The Kier molecular flexibility index (Phi) is 3.48. The average molecular weight is 274 g/mol. The van der Waals surface area contributed by atoms with Crippen molar-refractivity contribution in [3.05, 3.63) is 65.9 Å². The van der Waals surface area contributed by atoms with Gasteiger partial charge in [-0.2, -0.15) is 5.26 Å². The average Bonchev–Trinajstić information content (AvgIpc) is 2.54. The molecule has 0 radical (unpaired) electrons. The van der Waals surface area contributed by atoms with E-state index in [1.165, 1.54) is 5.56 Å². The first-order valence-corrected chi connectivity index (χ1v) is 6.70. The van der Waals surface area contributed by atoms with Crippen LogP contribution in [0.3, 0.4) is 0 Å². The van der Waals surface area contributed by atoms with Gasteiger partial charge in [0.15, 0.2) is 5.69 Å². The molecule has 0 fully saturated rings. The minimum absolute atomic E-state index is 0.354. The van der Waals surface area contributed by atoms with E-state index in [0.29, 0.717) is 12.2 Å². The number of hydrogen-bond donors (Lipinski definition) is 0. The predicted molar refractivity (Wildman–Crippen MR) is 82.8 cm³/mol. The zero-order valence-electron chi connectivity index (χ0n) is 11.7. The fraction of sp³-hybridized carbons (Fsp3) is 0.118. The quantitative estimate of drug-likeness (QED) is 0.736. The van der Waals surface area contributed by atoms with Crippen LogP contribution in [0.25, 0.3) is 10.9 Å². The van der Waals surface area contributed by atoms with Crippen LogP contribution < -0.4 is 4.90 Å². The van der Waals surface area contributed by atoms with Crippen LogP contribution in [-0.2, 0) is 6.54 Å². The van der Waals surface area contributed by atoms with E-state index in [1.54, 1.807) is 0 Å². The fourth-order valence-electron chi connectivity index (χ4n) is 2.44. The maximum absolute atomic E-state index is 9.31. The number of benzene rings is 2. The monoisotopic (exact) mass is 274 g/mol. The summed E-state index contributed by atoms with van der Waals surface area (Å²) in [6.07, 6.45) is 0. The molecule has 0 saturated carbocycles. The van der Waals surface area contributed by atoms with Crippen LogP contribution in [0.2, 0.25) is 0 Å². The largest absolute Gasteiger partial charge is 0.367 e. The topological polar surface area (TPSA) is 52.8 Å². The molecule has 0 saturated heterocycles. The van der Waals surface area contributed by atoms with Crippen LogP contribution in [0, 0.1) is 11.3 Å². The van der Waals surface area contributed by atoms with E-state index in [9.17, 15) is 5.26 Å². The zero-order chi connectivity index (χ0) is 14.7. The Hall–Kier alpha value is -2.93. The highest BCUT2D eigenvalue weighted by Crippen LogP contribution is 2.27. The summed E-state index contributed by atoms with van der Waals surface area (Å²) in [7, 11) is 1.97. The lowest BCUT2D eigenvalue weighted by Crippen LogP contribution is -2.19. The highest BCUT2D eigenvalue weighted by Gasteiger charge is 2.14. The second-order valence-corrected chi connectivity index (χ2v) is 4.87. The Morgan fingerprint density at radius 1 is 1.00 bits per heavy atom. The van der Waals surface area contributed by atoms with E-state index in [2.05, 4.69) is 28.4 Å². The molecule has 102 valence electrons. The summed E-state index contributed by atoms with van der Waals surface area (Å²) in [6.45, 7) is 0.713. The Labute approximate surface area is 123 Å². The number of aromatic nitrogens is 2. The van der Waals surface area contributed by atoms with Crippen molar-refractivity contribution in [2.45, 2.75) is 6.54 Å². The van der Waals surface area contributed by atoms with Crippen molar-refractivity contribution in [2.24, 2.45) is 0 Å².